The lowest BCUT2D eigenvalue weighted by molar-refractivity contribution is -0.131. The molecule has 142 valence electrons. The van der Waals surface area contributed by atoms with Crippen LogP contribution in [-0.2, 0) is 15.0 Å². The Balaban J connectivity index is 2.54. The van der Waals surface area contributed by atoms with Crippen LogP contribution in [0.3, 0.4) is 0 Å². The van der Waals surface area contributed by atoms with Crippen molar-refractivity contribution < 1.29 is 14.7 Å². The van der Waals surface area contributed by atoms with Gasteiger partial charge in [0.1, 0.15) is 0 Å². The molecule has 1 amide bonds. The van der Waals surface area contributed by atoms with Crippen LogP contribution in [0.5, 0.6) is 0 Å². The van der Waals surface area contributed by atoms with Crippen LogP contribution in [0, 0.1) is 0 Å². The molecule has 0 aliphatic carbocycles. The highest BCUT2D eigenvalue weighted by Gasteiger charge is 2.40. The molecule has 27 heavy (non-hydrogen) atoms. The van der Waals surface area contributed by atoms with Gasteiger partial charge in [-0.1, -0.05) is 80.9 Å². The molecule has 0 spiro atoms. The molecule has 2 rings (SSSR count). The molecule has 4 heteroatoms. The average Bonchev–Trinajstić information content (AvgIpc) is 2.69. The monoisotopic (exact) mass is 365 g/mol. The Kier molecular flexibility index (Phi) is 7.35. The van der Waals surface area contributed by atoms with E-state index in [1.54, 1.807) is 0 Å². The lowest BCUT2D eigenvalue weighted by atomic mass is 9.66. The third kappa shape index (κ3) is 4.85. The van der Waals surface area contributed by atoms with Crippen LogP contribution in [0.4, 0.5) is 0 Å². The van der Waals surface area contributed by atoms with Gasteiger partial charge >= 0.3 is 5.97 Å². The first-order chi connectivity index (χ1) is 13.0. The molecular weight excluding hydrogens is 338 g/mol. The Labute approximate surface area is 160 Å². The van der Waals surface area contributed by atoms with Crippen molar-refractivity contribution in [1.29, 1.82) is 0 Å². The van der Waals surface area contributed by atoms with Crippen molar-refractivity contribution in [3.05, 3.63) is 83.9 Å². The quantitative estimate of drug-likeness (QED) is 0.651. The van der Waals surface area contributed by atoms with Crippen LogP contribution in [0.25, 0.3) is 0 Å². The summed E-state index contributed by atoms with van der Waals surface area (Å²) < 4.78 is 0. The zero-order valence-electron chi connectivity index (χ0n) is 15.9. The standard InChI is InChI=1S/C23H27NO3/c1-3-11-20(24-21(25)16-17-22(26)27)23(4-2,18-12-7-5-8-13-18)19-14-9-6-10-15-19/h5-10,12-17,20H,3-4,11H2,1-2H3,(H,24,25)(H,26,27)/b17-16-. The molecule has 0 aliphatic heterocycles. The van der Waals surface area contributed by atoms with Crippen LogP contribution in [0.1, 0.15) is 44.2 Å². The van der Waals surface area contributed by atoms with Crippen molar-refractivity contribution in [2.45, 2.75) is 44.6 Å². The van der Waals surface area contributed by atoms with Gasteiger partial charge in [0.15, 0.2) is 0 Å². The summed E-state index contributed by atoms with van der Waals surface area (Å²) >= 11 is 0. The van der Waals surface area contributed by atoms with Gasteiger partial charge in [-0.15, -0.1) is 0 Å². The third-order valence-corrected chi connectivity index (χ3v) is 5.00. The summed E-state index contributed by atoms with van der Waals surface area (Å²) in [5, 5.41) is 11.9. The van der Waals surface area contributed by atoms with Gasteiger partial charge in [0.25, 0.3) is 0 Å². The van der Waals surface area contributed by atoms with Gasteiger partial charge in [-0.05, 0) is 24.0 Å². The summed E-state index contributed by atoms with van der Waals surface area (Å²) in [6.07, 6.45) is 4.44. The summed E-state index contributed by atoms with van der Waals surface area (Å²) in [6.45, 7) is 4.21. The van der Waals surface area contributed by atoms with Gasteiger partial charge < -0.3 is 10.4 Å². The zero-order chi connectivity index (χ0) is 19.7. The smallest absolute Gasteiger partial charge is 0.328 e. The predicted molar refractivity (Wildman–Crippen MR) is 108 cm³/mol. The number of nitrogens with one attached hydrogen (secondary N) is 1. The largest absolute Gasteiger partial charge is 0.478 e. The fraction of sp³-hybridized carbons (Fsp3) is 0.304. The predicted octanol–water partition coefficient (Wildman–Crippen LogP) is 4.31. The first kappa shape index (κ1) is 20.4. The SMILES string of the molecule is CCCC(NC(=O)/C=C\C(=O)O)C(CC)(c1ccccc1)c1ccccc1. The van der Waals surface area contributed by atoms with E-state index in [9.17, 15) is 9.59 Å². The van der Waals surface area contributed by atoms with E-state index in [1.807, 2.05) is 36.4 Å². The fourth-order valence-electron chi connectivity index (χ4n) is 3.79. The van der Waals surface area contributed by atoms with Crippen LogP contribution >= 0.6 is 0 Å². The summed E-state index contributed by atoms with van der Waals surface area (Å²) in [5.74, 6) is -1.52. The molecule has 0 radical (unpaired) electrons. The Bertz CT molecular complexity index is 729. The third-order valence-electron chi connectivity index (χ3n) is 5.00. The second kappa shape index (κ2) is 9.72. The minimum Gasteiger partial charge on any atom is -0.478 e. The van der Waals surface area contributed by atoms with Gasteiger partial charge in [-0.3, -0.25) is 4.79 Å². The molecule has 2 aromatic carbocycles. The minimum atomic E-state index is -1.13. The molecular formula is C23H27NO3. The van der Waals surface area contributed by atoms with Crippen LogP contribution in [0.15, 0.2) is 72.8 Å². The maximum Gasteiger partial charge on any atom is 0.328 e. The molecule has 0 bridgehead atoms. The second-order valence-corrected chi connectivity index (χ2v) is 6.58. The number of benzene rings is 2. The molecule has 1 unspecified atom stereocenters. The second-order valence-electron chi connectivity index (χ2n) is 6.58. The number of amides is 1. The number of carbonyl (C=O) groups is 2. The molecule has 2 aromatic rings. The summed E-state index contributed by atoms with van der Waals surface area (Å²) in [7, 11) is 0. The van der Waals surface area contributed by atoms with Gasteiger partial charge in [-0.2, -0.15) is 0 Å². The highest BCUT2D eigenvalue weighted by molar-refractivity contribution is 5.94. The van der Waals surface area contributed by atoms with Crippen molar-refractivity contribution >= 4 is 11.9 Å². The van der Waals surface area contributed by atoms with Crippen LogP contribution in [-0.4, -0.2) is 23.0 Å². The van der Waals surface area contributed by atoms with E-state index in [0.717, 1.165) is 42.5 Å². The maximum atomic E-state index is 12.4. The van der Waals surface area contributed by atoms with Crippen LogP contribution in [0.2, 0.25) is 0 Å². The number of hydrogen-bond acceptors (Lipinski definition) is 2. The van der Waals surface area contributed by atoms with Gasteiger partial charge in [0.2, 0.25) is 5.91 Å². The van der Waals surface area contributed by atoms with E-state index < -0.39 is 11.4 Å². The van der Waals surface area contributed by atoms with Crippen molar-refractivity contribution in [2.24, 2.45) is 0 Å². The van der Waals surface area contributed by atoms with Crippen molar-refractivity contribution in [3.8, 4) is 0 Å². The van der Waals surface area contributed by atoms with Crippen molar-refractivity contribution in [3.63, 3.8) is 0 Å². The number of hydrogen-bond donors (Lipinski definition) is 2. The Hall–Kier alpha value is -2.88. The Morgan fingerprint density at radius 1 is 0.963 bits per heavy atom. The van der Waals surface area contributed by atoms with E-state index >= 15 is 0 Å². The van der Waals surface area contributed by atoms with Gasteiger partial charge in [-0.25, -0.2) is 4.79 Å². The molecule has 0 aromatic heterocycles. The van der Waals surface area contributed by atoms with E-state index in [0.29, 0.717) is 0 Å². The number of aliphatic carboxylic acids is 1. The first-order valence-corrected chi connectivity index (χ1v) is 9.37. The summed E-state index contributed by atoms with van der Waals surface area (Å²) in [4.78, 5) is 23.1. The molecule has 0 saturated carbocycles. The number of carboxylic acids is 1. The molecule has 0 saturated heterocycles. The highest BCUT2D eigenvalue weighted by Crippen LogP contribution is 2.40. The normalized spacial score (nSPS) is 12.7. The fourth-order valence-corrected chi connectivity index (χ4v) is 3.79. The zero-order valence-corrected chi connectivity index (χ0v) is 15.9. The molecule has 0 fully saturated rings. The molecule has 0 heterocycles. The Morgan fingerprint density at radius 2 is 1.48 bits per heavy atom. The summed E-state index contributed by atoms with van der Waals surface area (Å²) in [6, 6.07) is 20.2. The topological polar surface area (TPSA) is 66.4 Å². The first-order valence-electron chi connectivity index (χ1n) is 9.37. The number of rotatable bonds is 9. The maximum absolute atomic E-state index is 12.4. The molecule has 2 N–H and O–H groups in total. The number of carbonyl (C=O) groups excluding carboxylic acids is 1. The summed E-state index contributed by atoms with van der Waals surface area (Å²) in [5.41, 5.74) is 1.88. The van der Waals surface area contributed by atoms with E-state index in [1.165, 1.54) is 0 Å². The molecule has 1 atom stereocenters. The van der Waals surface area contributed by atoms with Crippen molar-refractivity contribution in [2.75, 3.05) is 0 Å². The average molecular weight is 365 g/mol. The van der Waals surface area contributed by atoms with Gasteiger partial charge in [0, 0.05) is 23.6 Å². The number of carboxylic acid groups (broad SMARTS) is 1. The van der Waals surface area contributed by atoms with E-state index in [4.69, 9.17) is 5.11 Å². The van der Waals surface area contributed by atoms with Crippen molar-refractivity contribution in [1.82, 2.24) is 5.32 Å². The lowest BCUT2D eigenvalue weighted by Crippen LogP contribution is -2.50. The van der Waals surface area contributed by atoms with E-state index in [2.05, 4.69) is 43.4 Å². The van der Waals surface area contributed by atoms with Crippen LogP contribution < -0.4 is 5.32 Å². The molecule has 4 nitrogen and oxygen atoms in total. The lowest BCUT2D eigenvalue weighted by Gasteiger charge is -2.42. The minimum absolute atomic E-state index is 0.164. The molecule has 0 aliphatic rings. The Morgan fingerprint density at radius 3 is 1.89 bits per heavy atom. The van der Waals surface area contributed by atoms with Gasteiger partial charge in [0.05, 0.1) is 0 Å². The van der Waals surface area contributed by atoms with E-state index in [-0.39, 0.29) is 11.9 Å². The highest BCUT2D eigenvalue weighted by atomic mass is 16.4.